The molecule has 9 heavy (non-hydrogen) atoms. The summed E-state index contributed by atoms with van der Waals surface area (Å²) in [6.07, 6.45) is 4.93. The first-order chi connectivity index (χ1) is 4.18. The number of hydrogen-bond donors (Lipinski definition) is 0. The minimum atomic E-state index is 1.06. The minimum absolute atomic E-state index is 1.06. The summed E-state index contributed by atoms with van der Waals surface area (Å²) in [7, 11) is 3.90. The topological polar surface area (TPSA) is 3.24 Å². The van der Waals surface area contributed by atoms with Crippen molar-refractivity contribution >= 4 is 4.02 Å². The molecule has 0 saturated heterocycles. The molecule has 0 fully saturated rings. The number of hydrogen-bond acceptors (Lipinski definition) is 1. The Hall–Kier alpha value is -0.362. The average Bonchev–Trinajstić information content (AvgIpc) is 1.82. The molecule has 0 rings (SSSR count). The second-order valence-corrected chi connectivity index (χ2v) is 2.98. The van der Waals surface area contributed by atoms with E-state index in [2.05, 4.69) is 17.8 Å². The molecule has 0 N–H and O–H groups in total. The molecule has 0 bridgehead atoms. The molecular weight excluding hydrogens is 282 g/mol. The monoisotopic (exact) mass is 289 g/mol. The van der Waals surface area contributed by atoms with E-state index in [1.807, 2.05) is 19.0 Å². The first-order valence-corrected chi connectivity index (χ1v) is 3.83. The van der Waals surface area contributed by atoms with Gasteiger partial charge in [0.1, 0.15) is 0 Å². The van der Waals surface area contributed by atoms with Crippen molar-refractivity contribution in [2.45, 2.75) is 0 Å². The van der Waals surface area contributed by atoms with Crippen molar-refractivity contribution in [2.24, 2.45) is 0 Å². The van der Waals surface area contributed by atoms with E-state index in [4.69, 9.17) is 6.42 Å². The SMILES string of the molecule is C#CC#C[C](=[W])N(C)C. The van der Waals surface area contributed by atoms with E-state index >= 15 is 0 Å². The molecule has 2 heteroatoms. The van der Waals surface area contributed by atoms with Crippen molar-refractivity contribution in [1.82, 2.24) is 4.90 Å². The second-order valence-electron chi connectivity index (χ2n) is 1.59. The molecule has 0 heterocycles. The van der Waals surface area contributed by atoms with Crippen molar-refractivity contribution in [1.29, 1.82) is 0 Å². The summed E-state index contributed by atoms with van der Waals surface area (Å²) in [6, 6.07) is 0. The Bertz CT molecular complexity index is 199. The van der Waals surface area contributed by atoms with E-state index in [0.717, 1.165) is 4.02 Å². The van der Waals surface area contributed by atoms with Crippen molar-refractivity contribution in [3.8, 4) is 24.2 Å². The van der Waals surface area contributed by atoms with Crippen LogP contribution in [0, 0.1) is 24.2 Å². The van der Waals surface area contributed by atoms with E-state index in [0.29, 0.717) is 0 Å². The first kappa shape index (κ1) is 8.64. The van der Waals surface area contributed by atoms with Crippen LogP contribution in [0.5, 0.6) is 0 Å². The molecule has 0 amide bonds. The third-order valence-electron chi connectivity index (χ3n) is 0.648. The van der Waals surface area contributed by atoms with Gasteiger partial charge in [0.15, 0.2) is 0 Å². The third kappa shape index (κ3) is 4.16. The zero-order valence-electron chi connectivity index (χ0n) is 5.43. The summed E-state index contributed by atoms with van der Waals surface area (Å²) >= 11 is 1.35. The van der Waals surface area contributed by atoms with Crippen molar-refractivity contribution < 1.29 is 19.4 Å². The number of nitrogens with zero attached hydrogens (tertiary/aromatic N) is 1. The summed E-state index contributed by atoms with van der Waals surface area (Å²) in [5.74, 6) is 7.63. The van der Waals surface area contributed by atoms with Crippen LogP contribution in [0.3, 0.4) is 0 Å². The van der Waals surface area contributed by atoms with Crippen molar-refractivity contribution in [2.75, 3.05) is 14.1 Å². The predicted octanol–water partition coefficient (Wildman–Crippen LogP) is -0.139. The van der Waals surface area contributed by atoms with Crippen LogP contribution in [-0.4, -0.2) is 23.0 Å². The van der Waals surface area contributed by atoms with E-state index in [9.17, 15) is 0 Å². The van der Waals surface area contributed by atoms with E-state index < -0.39 is 0 Å². The first-order valence-electron chi connectivity index (χ1n) is 2.36. The Kier molecular flexibility index (Phi) is 4.33. The van der Waals surface area contributed by atoms with Gasteiger partial charge in [-0.25, -0.2) is 0 Å². The normalized spacial score (nSPS) is 7.33. The Morgan fingerprint density at radius 1 is 1.56 bits per heavy atom. The van der Waals surface area contributed by atoms with Crippen LogP contribution in [0.2, 0.25) is 0 Å². The predicted molar refractivity (Wildman–Crippen MR) is 35.3 cm³/mol. The second kappa shape index (κ2) is 4.51. The molecule has 0 unspecified atom stereocenters. The molecule has 0 saturated carbocycles. The van der Waals surface area contributed by atoms with Gasteiger partial charge in [-0.3, -0.25) is 0 Å². The maximum absolute atomic E-state index is 4.93. The van der Waals surface area contributed by atoms with Crippen LogP contribution in [0.15, 0.2) is 0 Å². The molecule has 0 aromatic carbocycles. The van der Waals surface area contributed by atoms with Gasteiger partial charge in [-0.15, -0.1) is 0 Å². The van der Waals surface area contributed by atoms with Gasteiger partial charge in [-0.05, 0) is 0 Å². The molecule has 0 aliphatic carbocycles. The van der Waals surface area contributed by atoms with Gasteiger partial charge in [0.2, 0.25) is 0 Å². The zero-order valence-corrected chi connectivity index (χ0v) is 8.37. The van der Waals surface area contributed by atoms with Gasteiger partial charge in [-0.2, -0.15) is 0 Å². The van der Waals surface area contributed by atoms with E-state index in [1.165, 1.54) is 19.4 Å². The van der Waals surface area contributed by atoms with E-state index in [1.54, 1.807) is 0 Å². The van der Waals surface area contributed by atoms with Crippen LogP contribution in [0.25, 0.3) is 0 Å². The van der Waals surface area contributed by atoms with Gasteiger partial charge in [0, 0.05) is 0 Å². The molecule has 0 aromatic heterocycles. The van der Waals surface area contributed by atoms with Crippen LogP contribution >= 0.6 is 0 Å². The summed E-state index contributed by atoms with van der Waals surface area (Å²) in [5, 5.41) is 0. The zero-order chi connectivity index (χ0) is 7.28. The fourth-order valence-corrected chi connectivity index (χ4v) is 0.385. The molecule has 46 valence electrons. The standard InChI is InChI=1S/C7H7N.W/c1-4-5-6-7-8(2)3;/h1H,2-3H3;. The van der Waals surface area contributed by atoms with Gasteiger partial charge >= 0.3 is 66.6 Å². The molecule has 0 atom stereocenters. The number of terminal acetylenes is 1. The average molecular weight is 289 g/mol. The molecule has 0 aromatic rings. The van der Waals surface area contributed by atoms with Gasteiger partial charge in [0.05, 0.1) is 0 Å². The van der Waals surface area contributed by atoms with Crippen LogP contribution in [-0.2, 0) is 19.4 Å². The molecular formula is C7H7NW. The fourth-order valence-electron chi connectivity index (χ4n) is 0.201. The van der Waals surface area contributed by atoms with Crippen molar-refractivity contribution in [3.05, 3.63) is 0 Å². The Morgan fingerprint density at radius 2 is 2.11 bits per heavy atom. The molecule has 0 radical (unpaired) electrons. The maximum atomic E-state index is 4.93. The molecule has 1 nitrogen and oxygen atoms in total. The fraction of sp³-hybridized carbons (Fsp3) is 0.286. The van der Waals surface area contributed by atoms with Crippen LogP contribution in [0.4, 0.5) is 0 Å². The van der Waals surface area contributed by atoms with Gasteiger partial charge < -0.3 is 0 Å². The number of rotatable bonds is 1. The Labute approximate surface area is 66.8 Å². The van der Waals surface area contributed by atoms with E-state index in [-0.39, 0.29) is 0 Å². The summed E-state index contributed by atoms with van der Waals surface area (Å²) < 4.78 is 1.06. The van der Waals surface area contributed by atoms with Crippen LogP contribution < -0.4 is 0 Å². The van der Waals surface area contributed by atoms with Crippen molar-refractivity contribution in [3.63, 3.8) is 0 Å². The van der Waals surface area contributed by atoms with Gasteiger partial charge in [-0.1, -0.05) is 0 Å². The quantitative estimate of drug-likeness (QED) is 0.607. The molecule has 0 aliphatic rings. The van der Waals surface area contributed by atoms with Gasteiger partial charge in [0.25, 0.3) is 0 Å². The summed E-state index contributed by atoms with van der Waals surface area (Å²) in [5.41, 5.74) is 0. The summed E-state index contributed by atoms with van der Waals surface area (Å²) in [4.78, 5) is 1.96. The Balaban J connectivity index is 3.96. The Morgan fingerprint density at radius 3 is 2.44 bits per heavy atom. The van der Waals surface area contributed by atoms with Crippen LogP contribution in [0.1, 0.15) is 0 Å². The molecule has 0 spiro atoms. The summed E-state index contributed by atoms with van der Waals surface area (Å²) in [6.45, 7) is 0. The molecule has 0 aliphatic heterocycles. The third-order valence-corrected chi connectivity index (χ3v) is 2.33.